The van der Waals surface area contributed by atoms with Crippen LogP contribution in [-0.2, 0) is 0 Å². The second-order valence-corrected chi connectivity index (χ2v) is 3.77. The predicted molar refractivity (Wildman–Crippen MR) is 66.5 cm³/mol. The fraction of sp³-hybridized carbons (Fsp3) is 0. The molecule has 90 valence electrons. The molecule has 0 spiro atoms. The molecule has 0 bridgehead atoms. The van der Waals surface area contributed by atoms with Gasteiger partial charge in [-0.25, -0.2) is 4.98 Å². The normalized spacial score (nSPS) is 9.16. The van der Waals surface area contributed by atoms with Gasteiger partial charge in [-0.15, -0.1) is 0 Å². The number of nitrogens with one attached hydrogen (secondary N) is 1. The number of nitriles is 3. The lowest BCUT2D eigenvalue weighted by Crippen LogP contribution is -2.01. The molecular formula is C12H4ClN5O. The highest BCUT2D eigenvalue weighted by molar-refractivity contribution is 6.34. The Bertz CT molecular complexity index is 784. The van der Waals surface area contributed by atoms with Gasteiger partial charge in [-0.2, -0.15) is 15.8 Å². The van der Waals surface area contributed by atoms with Crippen molar-refractivity contribution in [3.8, 4) is 18.2 Å². The minimum Gasteiger partial charge on any atom is -0.443 e. The molecule has 19 heavy (non-hydrogen) atoms. The second kappa shape index (κ2) is 5.10. The Kier molecular flexibility index (Phi) is 3.34. The molecule has 2 rings (SSSR count). The summed E-state index contributed by atoms with van der Waals surface area (Å²) in [6.07, 6.45) is 1.27. The number of hydrogen-bond donors (Lipinski definition) is 1. The van der Waals surface area contributed by atoms with E-state index in [0.717, 1.165) is 0 Å². The molecule has 0 fully saturated rings. The zero-order valence-electron chi connectivity index (χ0n) is 9.31. The Morgan fingerprint density at radius 2 is 1.95 bits per heavy atom. The van der Waals surface area contributed by atoms with Gasteiger partial charge in [0, 0.05) is 6.07 Å². The van der Waals surface area contributed by atoms with Crippen molar-refractivity contribution in [2.45, 2.75) is 0 Å². The Labute approximate surface area is 112 Å². The van der Waals surface area contributed by atoms with Gasteiger partial charge in [0.1, 0.15) is 29.4 Å². The molecule has 0 aliphatic heterocycles. The molecule has 0 unspecified atom stereocenters. The van der Waals surface area contributed by atoms with E-state index in [9.17, 15) is 0 Å². The molecule has 0 aliphatic rings. The number of aromatic nitrogens is 1. The van der Waals surface area contributed by atoms with Crippen molar-refractivity contribution in [3.05, 3.63) is 34.8 Å². The molecule has 6 nitrogen and oxygen atoms in total. The van der Waals surface area contributed by atoms with Gasteiger partial charge in [0.15, 0.2) is 17.5 Å². The number of benzene rings is 1. The fourth-order valence-electron chi connectivity index (χ4n) is 1.39. The number of halogens is 1. The Morgan fingerprint density at radius 3 is 2.58 bits per heavy atom. The van der Waals surface area contributed by atoms with Crippen LogP contribution in [0.2, 0.25) is 5.02 Å². The maximum Gasteiger partial charge on any atom is 0.181 e. The van der Waals surface area contributed by atoms with E-state index in [4.69, 9.17) is 31.8 Å². The summed E-state index contributed by atoms with van der Waals surface area (Å²) in [6, 6.07) is 8.09. The van der Waals surface area contributed by atoms with Crippen LogP contribution in [-0.4, -0.2) is 4.98 Å². The van der Waals surface area contributed by atoms with Crippen LogP contribution in [0.3, 0.4) is 0 Å². The summed E-state index contributed by atoms with van der Waals surface area (Å²) < 4.78 is 5.10. The van der Waals surface area contributed by atoms with E-state index < -0.39 is 0 Å². The van der Waals surface area contributed by atoms with E-state index in [1.54, 1.807) is 24.3 Å². The quantitative estimate of drug-likeness (QED) is 0.839. The summed E-state index contributed by atoms with van der Waals surface area (Å²) in [6.45, 7) is 0. The summed E-state index contributed by atoms with van der Waals surface area (Å²) >= 11 is 6.01. The number of allylic oxidation sites excluding steroid dienone is 2. The van der Waals surface area contributed by atoms with Crippen LogP contribution >= 0.6 is 11.6 Å². The molecule has 1 N–H and O–H groups in total. The monoisotopic (exact) mass is 269 g/mol. The van der Waals surface area contributed by atoms with Gasteiger partial charge in [0.05, 0.1) is 10.7 Å². The maximum atomic E-state index is 8.93. The molecule has 1 aromatic carbocycles. The largest absolute Gasteiger partial charge is 0.443 e. The van der Waals surface area contributed by atoms with Crippen LogP contribution < -0.4 is 5.32 Å². The summed E-state index contributed by atoms with van der Waals surface area (Å²) in [5, 5.41) is 29.3. The van der Waals surface area contributed by atoms with Gasteiger partial charge in [-0.1, -0.05) is 11.6 Å². The van der Waals surface area contributed by atoms with Gasteiger partial charge in [0.25, 0.3) is 0 Å². The molecule has 1 heterocycles. The molecule has 0 aliphatic carbocycles. The van der Waals surface area contributed by atoms with Crippen LogP contribution in [0.5, 0.6) is 0 Å². The number of nitrogens with zero attached hydrogens (tertiary/aromatic N) is 4. The lowest BCUT2D eigenvalue weighted by molar-refractivity contribution is 0.602. The van der Waals surface area contributed by atoms with Crippen molar-refractivity contribution in [3.63, 3.8) is 0 Å². The van der Waals surface area contributed by atoms with Crippen LogP contribution in [0.4, 0.5) is 5.69 Å². The van der Waals surface area contributed by atoms with Gasteiger partial charge in [-0.3, -0.25) is 0 Å². The first-order chi connectivity index (χ1) is 9.19. The van der Waals surface area contributed by atoms with Crippen molar-refractivity contribution in [2.75, 3.05) is 5.32 Å². The van der Waals surface area contributed by atoms with E-state index >= 15 is 0 Å². The van der Waals surface area contributed by atoms with Crippen LogP contribution in [0, 0.1) is 34.0 Å². The molecule has 7 heteroatoms. The fourth-order valence-corrected chi connectivity index (χ4v) is 1.60. The average Bonchev–Trinajstić information content (AvgIpc) is 2.85. The molecule has 0 atom stereocenters. The molecule has 0 amide bonds. The number of anilines is 1. The van der Waals surface area contributed by atoms with Gasteiger partial charge in [-0.05, 0) is 6.07 Å². The van der Waals surface area contributed by atoms with E-state index in [1.165, 1.54) is 12.5 Å². The van der Waals surface area contributed by atoms with Crippen molar-refractivity contribution < 1.29 is 4.42 Å². The smallest absolute Gasteiger partial charge is 0.181 e. The lowest BCUT2D eigenvalue weighted by Gasteiger charge is -2.06. The first kappa shape index (κ1) is 12.4. The van der Waals surface area contributed by atoms with Crippen LogP contribution in [0.15, 0.2) is 34.2 Å². The second-order valence-electron chi connectivity index (χ2n) is 3.36. The average molecular weight is 270 g/mol. The third-order valence-electron chi connectivity index (χ3n) is 2.27. The standard InChI is InChI=1S/C12H4ClN5O/c13-8-1-10-12(19-6-17-10)2-9(8)18-11(5-16)7(3-14)4-15/h1-2,6,18H. The van der Waals surface area contributed by atoms with E-state index in [0.29, 0.717) is 21.8 Å². The van der Waals surface area contributed by atoms with Crippen molar-refractivity contribution in [1.82, 2.24) is 4.98 Å². The molecule has 1 aromatic heterocycles. The Balaban J connectivity index is 2.50. The van der Waals surface area contributed by atoms with E-state index in [1.807, 2.05) is 0 Å². The number of rotatable bonds is 2. The number of fused-ring (bicyclic) bond motifs is 1. The minimum absolute atomic E-state index is 0.175. The third kappa shape index (κ3) is 2.32. The molecule has 0 saturated heterocycles. The van der Waals surface area contributed by atoms with Gasteiger partial charge >= 0.3 is 0 Å². The zero-order valence-corrected chi connectivity index (χ0v) is 10.1. The summed E-state index contributed by atoms with van der Waals surface area (Å²) in [4.78, 5) is 3.93. The zero-order chi connectivity index (χ0) is 13.8. The maximum absolute atomic E-state index is 8.93. The molecule has 0 radical (unpaired) electrons. The topological polar surface area (TPSA) is 109 Å². The Hall–Kier alpha value is -3.01. The van der Waals surface area contributed by atoms with Crippen molar-refractivity contribution in [2.24, 2.45) is 0 Å². The molecule has 0 saturated carbocycles. The van der Waals surface area contributed by atoms with Gasteiger partial charge < -0.3 is 9.73 Å². The van der Waals surface area contributed by atoms with Crippen LogP contribution in [0.1, 0.15) is 0 Å². The van der Waals surface area contributed by atoms with Crippen molar-refractivity contribution in [1.29, 1.82) is 15.8 Å². The van der Waals surface area contributed by atoms with Gasteiger partial charge in [0.2, 0.25) is 0 Å². The predicted octanol–water partition coefficient (Wildman–Crippen LogP) is 2.72. The summed E-state index contributed by atoms with van der Waals surface area (Å²) in [7, 11) is 0. The Morgan fingerprint density at radius 1 is 1.21 bits per heavy atom. The number of oxazole rings is 1. The summed E-state index contributed by atoms with van der Waals surface area (Å²) in [5.41, 5.74) is 0.894. The molecular weight excluding hydrogens is 266 g/mol. The third-order valence-corrected chi connectivity index (χ3v) is 2.58. The van der Waals surface area contributed by atoms with Crippen LogP contribution in [0.25, 0.3) is 11.1 Å². The first-order valence-corrected chi connectivity index (χ1v) is 5.31. The van der Waals surface area contributed by atoms with E-state index in [2.05, 4.69) is 10.3 Å². The first-order valence-electron chi connectivity index (χ1n) is 4.94. The summed E-state index contributed by atoms with van der Waals surface area (Å²) in [5.74, 6) is 0. The highest BCUT2D eigenvalue weighted by Gasteiger charge is 2.11. The van der Waals surface area contributed by atoms with E-state index in [-0.39, 0.29) is 11.3 Å². The van der Waals surface area contributed by atoms with Crippen molar-refractivity contribution >= 4 is 28.4 Å². The molecule has 2 aromatic rings. The highest BCUT2D eigenvalue weighted by Crippen LogP contribution is 2.28. The SMILES string of the molecule is N#CC(C#N)=C(C#N)Nc1cc2ocnc2cc1Cl. The number of hydrogen-bond acceptors (Lipinski definition) is 6. The lowest BCUT2D eigenvalue weighted by atomic mass is 10.2. The highest BCUT2D eigenvalue weighted by atomic mass is 35.5. The minimum atomic E-state index is -0.323.